The summed E-state index contributed by atoms with van der Waals surface area (Å²) in [5, 5.41) is 9.50. The van der Waals surface area contributed by atoms with Gasteiger partial charge in [-0.1, -0.05) is 56.3 Å². The molecular weight excluding hydrogens is 444 g/mol. The van der Waals surface area contributed by atoms with Gasteiger partial charge in [0.2, 0.25) is 0 Å². The smallest absolute Gasteiger partial charge is 0.257 e. The molecule has 0 aliphatic rings. The van der Waals surface area contributed by atoms with E-state index >= 15 is 0 Å². The molecule has 3 N–H and O–H groups in total. The lowest BCUT2D eigenvalue weighted by Gasteiger charge is -2.05. The second-order valence-electron chi connectivity index (χ2n) is 8.28. The predicted octanol–water partition coefficient (Wildman–Crippen LogP) is 5.16. The van der Waals surface area contributed by atoms with Gasteiger partial charge in [-0.25, -0.2) is 9.97 Å². The van der Waals surface area contributed by atoms with Crippen molar-refractivity contribution in [3.05, 3.63) is 87.6 Å². The Hall–Kier alpha value is -4.04. The van der Waals surface area contributed by atoms with E-state index in [9.17, 15) is 4.79 Å². The Morgan fingerprint density at radius 3 is 2.50 bits per heavy atom. The number of para-hydroxylation sites is 2. The number of nitrogens with one attached hydrogen (secondary N) is 1. The molecule has 7 nitrogen and oxygen atoms in total. The van der Waals surface area contributed by atoms with Crippen molar-refractivity contribution in [2.24, 2.45) is 5.10 Å². The van der Waals surface area contributed by atoms with Gasteiger partial charge in [-0.15, -0.1) is 11.3 Å². The third-order valence-corrected chi connectivity index (χ3v) is 6.51. The minimum atomic E-state index is -0.310. The molecule has 0 spiro atoms. The SMILES string of the molecule is CC(C)c1ccc(/C=N\n2c(N)c(C(=O)NCc3cccs3)c3nc4ccccc4nc32)cc1. The van der Waals surface area contributed by atoms with Crippen LogP contribution in [0.25, 0.3) is 22.2 Å². The van der Waals surface area contributed by atoms with Crippen LogP contribution < -0.4 is 11.1 Å². The predicted molar refractivity (Wildman–Crippen MR) is 138 cm³/mol. The van der Waals surface area contributed by atoms with Gasteiger partial charge in [0, 0.05) is 4.88 Å². The van der Waals surface area contributed by atoms with Crippen LogP contribution in [0.15, 0.2) is 71.1 Å². The van der Waals surface area contributed by atoms with Gasteiger partial charge in [-0.05, 0) is 40.6 Å². The summed E-state index contributed by atoms with van der Waals surface area (Å²) in [4.78, 5) is 23.7. The standard InChI is InChI=1S/C26H24N6OS/c1-16(2)18-11-9-17(10-12-18)14-29-32-24(27)22(26(33)28-15-19-6-5-13-34-19)23-25(32)31-21-8-4-3-7-20(21)30-23/h3-14,16H,15,27H2,1-2H3,(H,28,33)/b29-14-. The number of nitrogens with two attached hydrogens (primary N) is 1. The largest absolute Gasteiger partial charge is 0.383 e. The fourth-order valence-corrected chi connectivity index (χ4v) is 4.39. The van der Waals surface area contributed by atoms with Crippen LogP contribution in [-0.4, -0.2) is 26.8 Å². The first kappa shape index (κ1) is 21.8. The average molecular weight is 469 g/mol. The first-order valence-corrected chi connectivity index (χ1v) is 11.9. The van der Waals surface area contributed by atoms with E-state index in [1.807, 2.05) is 53.9 Å². The normalized spacial score (nSPS) is 11.7. The van der Waals surface area contributed by atoms with Crippen LogP contribution in [0.3, 0.4) is 0 Å². The first-order valence-electron chi connectivity index (χ1n) is 11.0. The summed E-state index contributed by atoms with van der Waals surface area (Å²) in [6.07, 6.45) is 1.71. The molecular formula is C26H24N6OS. The Labute approximate surface area is 201 Å². The number of hydrogen-bond acceptors (Lipinski definition) is 6. The minimum Gasteiger partial charge on any atom is -0.383 e. The monoisotopic (exact) mass is 468 g/mol. The van der Waals surface area contributed by atoms with Crippen molar-refractivity contribution in [1.82, 2.24) is 20.0 Å². The summed E-state index contributed by atoms with van der Waals surface area (Å²) in [6, 6.07) is 19.6. The van der Waals surface area contributed by atoms with Gasteiger partial charge >= 0.3 is 0 Å². The number of nitrogen functional groups attached to an aromatic ring is 1. The molecule has 2 aromatic carbocycles. The van der Waals surface area contributed by atoms with Crippen molar-refractivity contribution in [3.63, 3.8) is 0 Å². The van der Waals surface area contributed by atoms with Crippen LogP contribution in [0.1, 0.15) is 46.1 Å². The van der Waals surface area contributed by atoms with E-state index in [2.05, 4.69) is 36.4 Å². The Balaban J connectivity index is 1.58. The molecule has 0 saturated heterocycles. The second kappa shape index (κ2) is 9.07. The molecule has 170 valence electrons. The number of rotatable bonds is 6. The fourth-order valence-electron chi connectivity index (χ4n) is 3.75. The highest BCUT2D eigenvalue weighted by molar-refractivity contribution is 7.09. The van der Waals surface area contributed by atoms with Gasteiger partial charge in [0.15, 0.2) is 5.65 Å². The number of amides is 1. The van der Waals surface area contributed by atoms with Gasteiger partial charge in [0.1, 0.15) is 16.9 Å². The molecule has 5 rings (SSSR count). The van der Waals surface area contributed by atoms with E-state index in [1.165, 1.54) is 10.2 Å². The molecule has 3 heterocycles. The number of nitrogens with zero attached hydrogens (tertiary/aromatic N) is 4. The Morgan fingerprint density at radius 2 is 1.82 bits per heavy atom. The third kappa shape index (κ3) is 4.15. The molecule has 0 aliphatic carbocycles. The summed E-state index contributed by atoms with van der Waals surface area (Å²) in [7, 11) is 0. The summed E-state index contributed by atoms with van der Waals surface area (Å²) in [5.74, 6) is 0.341. The molecule has 0 radical (unpaired) electrons. The highest BCUT2D eigenvalue weighted by atomic mass is 32.1. The Kier molecular flexibility index (Phi) is 5.81. The number of anilines is 1. The van der Waals surface area contributed by atoms with E-state index < -0.39 is 0 Å². The van der Waals surface area contributed by atoms with Crippen LogP contribution in [0.2, 0.25) is 0 Å². The van der Waals surface area contributed by atoms with Crippen LogP contribution in [0, 0.1) is 0 Å². The number of hydrogen-bond donors (Lipinski definition) is 2. The number of benzene rings is 2. The number of thiophene rings is 1. The molecule has 0 saturated carbocycles. The molecule has 1 amide bonds. The number of fused-ring (bicyclic) bond motifs is 2. The molecule has 0 fully saturated rings. The van der Waals surface area contributed by atoms with Gasteiger partial charge in [0.25, 0.3) is 5.91 Å². The second-order valence-corrected chi connectivity index (χ2v) is 9.32. The molecule has 0 aliphatic heterocycles. The minimum absolute atomic E-state index is 0.198. The summed E-state index contributed by atoms with van der Waals surface area (Å²) in [6.45, 7) is 4.72. The quantitative estimate of drug-likeness (QED) is 0.336. The van der Waals surface area contributed by atoms with Gasteiger partial charge in [-0.3, -0.25) is 4.79 Å². The Bertz CT molecular complexity index is 1500. The summed E-state index contributed by atoms with van der Waals surface area (Å²) in [5.41, 5.74) is 11.2. The lowest BCUT2D eigenvalue weighted by atomic mass is 10.0. The van der Waals surface area contributed by atoms with Gasteiger partial charge < -0.3 is 11.1 Å². The van der Waals surface area contributed by atoms with E-state index in [0.29, 0.717) is 34.7 Å². The van der Waals surface area contributed by atoms with Crippen LogP contribution in [0.4, 0.5) is 5.82 Å². The summed E-state index contributed by atoms with van der Waals surface area (Å²) >= 11 is 1.58. The molecule has 5 aromatic rings. The average Bonchev–Trinajstić information content (AvgIpc) is 3.45. The molecule has 0 bridgehead atoms. The topological polar surface area (TPSA) is 98.2 Å². The molecule has 0 unspecified atom stereocenters. The van der Waals surface area contributed by atoms with Crippen molar-refractivity contribution in [1.29, 1.82) is 0 Å². The maximum absolute atomic E-state index is 13.2. The van der Waals surface area contributed by atoms with Crippen molar-refractivity contribution >= 4 is 51.5 Å². The molecule has 34 heavy (non-hydrogen) atoms. The molecule has 0 atom stereocenters. The van der Waals surface area contributed by atoms with Crippen LogP contribution in [-0.2, 0) is 6.54 Å². The third-order valence-electron chi connectivity index (χ3n) is 5.63. The van der Waals surface area contributed by atoms with Gasteiger partial charge in [-0.2, -0.15) is 9.78 Å². The maximum atomic E-state index is 13.2. The van der Waals surface area contributed by atoms with E-state index in [4.69, 9.17) is 15.7 Å². The first-order chi connectivity index (χ1) is 16.5. The number of carbonyl (C=O) groups excluding carboxylic acids is 1. The van der Waals surface area contributed by atoms with Crippen molar-refractivity contribution in [2.45, 2.75) is 26.3 Å². The highest BCUT2D eigenvalue weighted by Crippen LogP contribution is 2.28. The van der Waals surface area contributed by atoms with Crippen molar-refractivity contribution in [3.8, 4) is 0 Å². The highest BCUT2D eigenvalue weighted by Gasteiger charge is 2.24. The van der Waals surface area contributed by atoms with Crippen molar-refractivity contribution in [2.75, 3.05) is 5.73 Å². The lowest BCUT2D eigenvalue weighted by molar-refractivity contribution is 0.0953. The Morgan fingerprint density at radius 1 is 1.09 bits per heavy atom. The maximum Gasteiger partial charge on any atom is 0.257 e. The fraction of sp³-hybridized carbons (Fsp3) is 0.154. The lowest BCUT2D eigenvalue weighted by Crippen LogP contribution is -2.23. The zero-order chi connectivity index (χ0) is 23.7. The zero-order valence-corrected chi connectivity index (χ0v) is 19.7. The number of aromatic nitrogens is 3. The van der Waals surface area contributed by atoms with Crippen molar-refractivity contribution < 1.29 is 4.79 Å². The summed E-state index contributed by atoms with van der Waals surface area (Å²) < 4.78 is 1.49. The van der Waals surface area contributed by atoms with E-state index in [-0.39, 0.29) is 17.3 Å². The zero-order valence-electron chi connectivity index (χ0n) is 18.9. The van der Waals surface area contributed by atoms with Gasteiger partial charge in [0.05, 0.1) is 23.8 Å². The number of carbonyl (C=O) groups is 1. The van der Waals surface area contributed by atoms with E-state index in [1.54, 1.807) is 17.6 Å². The van der Waals surface area contributed by atoms with Crippen LogP contribution in [0.5, 0.6) is 0 Å². The molecule has 3 aromatic heterocycles. The van der Waals surface area contributed by atoms with E-state index in [0.717, 1.165) is 10.4 Å². The molecule has 8 heteroatoms. The van der Waals surface area contributed by atoms with Crippen LogP contribution >= 0.6 is 11.3 Å².